The molecule has 1 aliphatic heterocycles. The van der Waals surface area contributed by atoms with Gasteiger partial charge in [0.1, 0.15) is 6.04 Å². The zero-order valence-electron chi connectivity index (χ0n) is 7.14. The van der Waals surface area contributed by atoms with Crippen LogP contribution in [0.4, 0.5) is 0 Å². The molecule has 0 bridgehead atoms. The lowest BCUT2D eigenvalue weighted by molar-refractivity contribution is -0.142. The molecule has 1 rings (SSSR count). The van der Waals surface area contributed by atoms with Gasteiger partial charge in [-0.3, -0.25) is 4.79 Å². The topological polar surface area (TPSA) is 87.1 Å². The molecular weight excluding hydrogens is 196 g/mol. The number of nitrogens with one attached hydrogen (secondary N) is 1. The molecule has 1 aliphatic rings. The Kier molecular flexibility index (Phi) is 5.22. The van der Waals surface area contributed by atoms with Crippen LogP contribution in [0.1, 0.15) is 6.42 Å². The highest BCUT2D eigenvalue weighted by Crippen LogP contribution is 2.12. The highest BCUT2D eigenvalue weighted by atomic mass is 35.5. The second kappa shape index (κ2) is 5.64. The second-order valence-electron chi connectivity index (χ2n) is 2.52. The number of hydrogen-bond donors (Lipinski definition) is 1. The number of esters is 1. The Morgan fingerprint density at radius 1 is 1.77 bits per heavy atom. The molecule has 0 amide bonds. The maximum atomic E-state index is 11.0. The summed E-state index contributed by atoms with van der Waals surface area (Å²) in [5.41, 5.74) is 8.18. The fourth-order valence-electron chi connectivity index (χ4n) is 1.25. The van der Waals surface area contributed by atoms with Crippen molar-refractivity contribution in [3.63, 3.8) is 0 Å². The number of nitrogens with zero attached hydrogens (tertiary/aromatic N) is 3. The Morgan fingerprint density at radius 3 is 3.00 bits per heavy atom. The minimum atomic E-state index is -0.467. The molecule has 0 spiro atoms. The van der Waals surface area contributed by atoms with E-state index in [0.29, 0.717) is 13.0 Å². The van der Waals surface area contributed by atoms with E-state index in [4.69, 9.17) is 5.53 Å². The number of rotatable bonds is 2. The van der Waals surface area contributed by atoms with E-state index in [1.807, 2.05) is 0 Å². The molecule has 0 aromatic rings. The van der Waals surface area contributed by atoms with Crippen molar-refractivity contribution in [3.05, 3.63) is 10.4 Å². The van der Waals surface area contributed by atoms with Crippen molar-refractivity contribution < 1.29 is 9.53 Å². The average Bonchev–Trinajstić information content (AvgIpc) is 2.52. The molecule has 13 heavy (non-hydrogen) atoms. The van der Waals surface area contributed by atoms with Crippen LogP contribution in [-0.2, 0) is 9.53 Å². The lowest BCUT2D eigenvalue weighted by Gasteiger charge is -2.11. The highest BCUT2D eigenvalue weighted by Gasteiger charge is 2.32. The minimum Gasteiger partial charge on any atom is -0.468 e. The average molecular weight is 207 g/mol. The summed E-state index contributed by atoms with van der Waals surface area (Å²) in [4.78, 5) is 13.7. The van der Waals surface area contributed by atoms with E-state index >= 15 is 0 Å². The summed E-state index contributed by atoms with van der Waals surface area (Å²) in [7, 11) is 1.31. The number of halogens is 1. The molecule has 2 atom stereocenters. The summed E-state index contributed by atoms with van der Waals surface area (Å²) in [5.74, 6) is -0.370. The Hall–Kier alpha value is -0.970. The highest BCUT2D eigenvalue weighted by molar-refractivity contribution is 5.85. The standard InChI is InChI=1S/C6H10N4O2.ClH/c1-12-6(11)5-4(9-10-7)2-3-8-5;/h4-5,8H,2-3H2,1H3;1H/t4-,5-;/m0./s1. The molecule has 74 valence electrons. The van der Waals surface area contributed by atoms with Gasteiger partial charge in [0.25, 0.3) is 0 Å². The Bertz CT molecular complexity index is 229. The van der Waals surface area contributed by atoms with Gasteiger partial charge >= 0.3 is 5.97 Å². The first kappa shape index (κ1) is 12.0. The van der Waals surface area contributed by atoms with Gasteiger partial charge in [0.05, 0.1) is 13.2 Å². The van der Waals surface area contributed by atoms with E-state index in [0.717, 1.165) is 0 Å². The number of methoxy groups -OCH3 is 1. The zero-order chi connectivity index (χ0) is 8.97. The molecule has 1 N–H and O–H groups in total. The Morgan fingerprint density at radius 2 is 2.46 bits per heavy atom. The number of carbonyl (C=O) groups is 1. The third-order valence-electron chi connectivity index (χ3n) is 1.84. The summed E-state index contributed by atoms with van der Waals surface area (Å²) in [5, 5.41) is 6.39. The molecule has 0 aliphatic carbocycles. The van der Waals surface area contributed by atoms with Gasteiger partial charge in [-0.25, -0.2) is 0 Å². The fourth-order valence-corrected chi connectivity index (χ4v) is 1.25. The van der Waals surface area contributed by atoms with Crippen LogP contribution in [0.5, 0.6) is 0 Å². The van der Waals surface area contributed by atoms with Crippen LogP contribution in [0.3, 0.4) is 0 Å². The van der Waals surface area contributed by atoms with Gasteiger partial charge < -0.3 is 10.1 Å². The monoisotopic (exact) mass is 206 g/mol. The number of ether oxygens (including phenoxy) is 1. The lowest BCUT2D eigenvalue weighted by Crippen LogP contribution is -2.38. The smallest absolute Gasteiger partial charge is 0.323 e. The quantitative estimate of drug-likeness (QED) is 0.311. The van der Waals surface area contributed by atoms with Gasteiger partial charge in [-0.1, -0.05) is 5.11 Å². The summed E-state index contributed by atoms with van der Waals surface area (Å²) in [6, 6.07) is -0.770. The van der Waals surface area contributed by atoms with Crippen molar-refractivity contribution in [3.8, 4) is 0 Å². The molecule has 0 unspecified atom stereocenters. The molecular formula is C6H11ClN4O2. The van der Waals surface area contributed by atoms with Crippen LogP contribution < -0.4 is 5.32 Å². The van der Waals surface area contributed by atoms with Gasteiger partial charge in [-0.15, -0.1) is 12.4 Å². The van der Waals surface area contributed by atoms with E-state index in [1.165, 1.54) is 7.11 Å². The zero-order valence-corrected chi connectivity index (χ0v) is 7.95. The van der Waals surface area contributed by atoms with E-state index in [9.17, 15) is 4.79 Å². The molecule has 0 aromatic heterocycles. The molecule has 1 heterocycles. The second-order valence-corrected chi connectivity index (χ2v) is 2.52. The third kappa shape index (κ3) is 2.77. The van der Waals surface area contributed by atoms with Gasteiger partial charge in [0, 0.05) is 4.91 Å². The molecule has 1 fully saturated rings. The van der Waals surface area contributed by atoms with Crippen molar-refractivity contribution in [2.45, 2.75) is 18.5 Å². The van der Waals surface area contributed by atoms with Gasteiger partial charge in [-0.2, -0.15) is 0 Å². The first-order chi connectivity index (χ1) is 5.79. The van der Waals surface area contributed by atoms with Crippen LogP contribution in [0.2, 0.25) is 0 Å². The maximum absolute atomic E-state index is 11.0. The SMILES string of the molecule is COC(=O)[C@H]1NCC[C@@H]1N=[N+]=[N-].Cl. The van der Waals surface area contributed by atoms with Gasteiger partial charge in [-0.05, 0) is 18.5 Å². The number of hydrogen-bond acceptors (Lipinski definition) is 4. The maximum Gasteiger partial charge on any atom is 0.323 e. The number of azide groups is 1. The normalized spacial score (nSPS) is 25.6. The predicted octanol–water partition coefficient (Wildman–Crippen LogP) is 0.622. The fraction of sp³-hybridized carbons (Fsp3) is 0.833. The first-order valence-electron chi connectivity index (χ1n) is 3.65. The summed E-state index contributed by atoms with van der Waals surface area (Å²) < 4.78 is 4.53. The molecule has 0 radical (unpaired) electrons. The van der Waals surface area contributed by atoms with E-state index in [-0.39, 0.29) is 24.4 Å². The molecule has 1 saturated heterocycles. The Labute approximate surface area is 81.7 Å². The molecule has 6 nitrogen and oxygen atoms in total. The summed E-state index contributed by atoms with van der Waals surface area (Å²) in [6.07, 6.45) is 0.684. The van der Waals surface area contributed by atoms with Crippen molar-refractivity contribution in [2.75, 3.05) is 13.7 Å². The van der Waals surface area contributed by atoms with Crippen molar-refractivity contribution >= 4 is 18.4 Å². The predicted molar refractivity (Wildman–Crippen MR) is 48.6 cm³/mol. The van der Waals surface area contributed by atoms with Crippen LogP contribution in [0.25, 0.3) is 10.4 Å². The lowest BCUT2D eigenvalue weighted by atomic mass is 10.1. The summed E-state index contributed by atoms with van der Waals surface area (Å²) in [6.45, 7) is 0.684. The van der Waals surface area contributed by atoms with Gasteiger partial charge in [0.15, 0.2) is 0 Å². The van der Waals surface area contributed by atoms with Crippen molar-refractivity contribution in [1.82, 2.24) is 5.32 Å². The van der Waals surface area contributed by atoms with Crippen molar-refractivity contribution in [2.24, 2.45) is 5.11 Å². The van der Waals surface area contributed by atoms with Gasteiger partial charge in [0.2, 0.25) is 0 Å². The molecule has 0 saturated carbocycles. The molecule has 0 aromatic carbocycles. The third-order valence-corrected chi connectivity index (χ3v) is 1.84. The van der Waals surface area contributed by atoms with E-state index in [1.54, 1.807) is 0 Å². The van der Waals surface area contributed by atoms with E-state index in [2.05, 4.69) is 20.1 Å². The molecule has 7 heteroatoms. The Balaban J connectivity index is 0.00000144. The van der Waals surface area contributed by atoms with E-state index < -0.39 is 6.04 Å². The largest absolute Gasteiger partial charge is 0.468 e. The van der Waals surface area contributed by atoms with Crippen LogP contribution in [-0.4, -0.2) is 31.7 Å². The minimum absolute atomic E-state index is 0. The number of carbonyl (C=O) groups excluding carboxylic acids is 1. The van der Waals surface area contributed by atoms with Crippen LogP contribution in [0.15, 0.2) is 5.11 Å². The van der Waals surface area contributed by atoms with Crippen LogP contribution >= 0.6 is 12.4 Å². The van der Waals surface area contributed by atoms with Crippen molar-refractivity contribution in [1.29, 1.82) is 0 Å². The van der Waals surface area contributed by atoms with Crippen LogP contribution in [0, 0.1) is 0 Å². The summed E-state index contributed by atoms with van der Waals surface area (Å²) >= 11 is 0. The first-order valence-corrected chi connectivity index (χ1v) is 3.65.